The highest BCUT2D eigenvalue weighted by Gasteiger charge is 2.21. The van der Waals surface area contributed by atoms with E-state index in [0.29, 0.717) is 11.8 Å². The number of piperidine rings is 1. The molecule has 1 N–H and O–H groups in total. The number of para-hydroxylation sites is 1. The number of ether oxygens (including phenoxy) is 2. The van der Waals surface area contributed by atoms with Crippen molar-refractivity contribution in [1.29, 1.82) is 0 Å². The Balaban J connectivity index is 1.24. The van der Waals surface area contributed by atoms with Gasteiger partial charge in [-0.25, -0.2) is 9.78 Å². The van der Waals surface area contributed by atoms with Gasteiger partial charge in [-0.1, -0.05) is 42.5 Å². The van der Waals surface area contributed by atoms with Gasteiger partial charge in [-0.3, -0.25) is 4.90 Å². The lowest BCUT2D eigenvalue weighted by atomic mass is 10.0. The predicted octanol–water partition coefficient (Wildman–Crippen LogP) is 5.19. The minimum atomic E-state index is -0.293. The van der Waals surface area contributed by atoms with Gasteiger partial charge in [0.1, 0.15) is 5.75 Å². The second-order valence-corrected chi connectivity index (χ2v) is 8.52. The van der Waals surface area contributed by atoms with Gasteiger partial charge in [0.2, 0.25) is 0 Å². The molecule has 4 rings (SSSR count). The molecule has 158 valence electrons. The summed E-state index contributed by atoms with van der Waals surface area (Å²) >= 11 is 1.55. The monoisotopic (exact) mass is 425 g/mol. The number of aromatic nitrogens is 1. The third-order valence-corrected chi connectivity index (χ3v) is 6.07. The summed E-state index contributed by atoms with van der Waals surface area (Å²) in [5, 5.41) is 3.63. The molecule has 1 fully saturated rings. The Labute approximate surface area is 180 Å². The molecule has 1 amide bonds. The number of benzene rings is 2. The van der Waals surface area contributed by atoms with Crippen molar-refractivity contribution in [2.24, 2.45) is 0 Å². The van der Waals surface area contributed by atoms with E-state index in [-0.39, 0.29) is 12.1 Å². The highest BCUT2D eigenvalue weighted by atomic mass is 32.1. The van der Waals surface area contributed by atoms with E-state index in [1.165, 1.54) is 5.56 Å². The minimum Gasteiger partial charge on any atom is -0.450 e. The molecular weight excluding hydrogens is 398 g/mol. The second kappa shape index (κ2) is 9.91. The van der Waals surface area contributed by atoms with Gasteiger partial charge in [-0.15, -0.1) is 0 Å². The molecule has 30 heavy (non-hydrogen) atoms. The number of likely N-dealkylation sites (tertiary alicyclic amines) is 1. The van der Waals surface area contributed by atoms with Gasteiger partial charge in [0.15, 0.2) is 0 Å². The van der Waals surface area contributed by atoms with Crippen LogP contribution in [-0.2, 0) is 11.3 Å². The maximum atomic E-state index is 11.7. The van der Waals surface area contributed by atoms with Gasteiger partial charge < -0.3 is 14.8 Å². The van der Waals surface area contributed by atoms with Crippen LogP contribution in [0.3, 0.4) is 0 Å². The summed E-state index contributed by atoms with van der Waals surface area (Å²) in [6, 6.07) is 16.5. The maximum absolute atomic E-state index is 11.7. The van der Waals surface area contributed by atoms with Crippen molar-refractivity contribution in [2.45, 2.75) is 38.8 Å². The number of fused-ring (bicyclic) bond motifs is 1. The largest absolute Gasteiger partial charge is 0.450 e. The molecule has 6 nitrogen and oxygen atoms in total. The van der Waals surface area contributed by atoms with Crippen LogP contribution >= 0.6 is 11.3 Å². The molecule has 2 heterocycles. The van der Waals surface area contributed by atoms with Crippen molar-refractivity contribution in [3.05, 3.63) is 54.1 Å². The average Bonchev–Trinajstić information content (AvgIpc) is 3.17. The second-order valence-electron chi connectivity index (χ2n) is 7.52. The van der Waals surface area contributed by atoms with Crippen molar-refractivity contribution in [3.63, 3.8) is 0 Å². The van der Waals surface area contributed by atoms with E-state index in [1.54, 1.807) is 11.3 Å². The fourth-order valence-electron chi connectivity index (χ4n) is 3.56. The molecule has 0 saturated carbocycles. The van der Waals surface area contributed by atoms with Crippen molar-refractivity contribution in [3.8, 4) is 10.9 Å². The lowest BCUT2D eigenvalue weighted by Gasteiger charge is -2.32. The number of nitrogens with zero attached hydrogens (tertiary/aromatic N) is 2. The normalized spacial score (nSPS) is 15.2. The number of thiazole rings is 1. The first-order chi connectivity index (χ1) is 14.7. The van der Waals surface area contributed by atoms with Gasteiger partial charge in [-0.2, -0.15) is 0 Å². The number of alkyl carbamates (subject to hydrolysis) is 1. The maximum Gasteiger partial charge on any atom is 0.407 e. The van der Waals surface area contributed by atoms with Crippen LogP contribution in [0.2, 0.25) is 0 Å². The van der Waals surface area contributed by atoms with Crippen LogP contribution in [0.4, 0.5) is 4.79 Å². The van der Waals surface area contributed by atoms with Gasteiger partial charge in [0.25, 0.3) is 5.19 Å². The van der Waals surface area contributed by atoms with Crippen LogP contribution < -0.4 is 10.1 Å². The van der Waals surface area contributed by atoms with E-state index in [4.69, 9.17) is 9.47 Å². The van der Waals surface area contributed by atoms with Gasteiger partial charge in [0.05, 0.1) is 16.8 Å². The van der Waals surface area contributed by atoms with Crippen LogP contribution in [0.1, 0.15) is 31.7 Å². The number of carbonyl (C=O) groups excluding carboxylic acids is 1. The third-order valence-electron chi connectivity index (χ3n) is 5.16. The SMILES string of the molecule is CCCOC(=O)NC1CCN(Cc2ccc(Oc3nc4ccccc4s3)cc2)CC1. The zero-order chi connectivity index (χ0) is 20.8. The summed E-state index contributed by atoms with van der Waals surface area (Å²) in [6.07, 6.45) is 2.44. The Kier molecular flexibility index (Phi) is 6.81. The average molecular weight is 426 g/mol. The Morgan fingerprint density at radius 1 is 1.17 bits per heavy atom. The van der Waals surface area contributed by atoms with Crippen molar-refractivity contribution in [1.82, 2.24) is 15.2 Å². The van der Waals surface area contributed by atoms with Crippen molar-refractivity contribution in [2.75, 3.05) is 19.7 Å². The fourth-order valence-corrected chi connectivity index (χ4v) is 4.39. The molecule has 0 aliphatic carbocycles. The molecule has 1 aromatic heterocycles. The smallest absolute Gasteiger partial charge is 0.407 e. The predicted molar refractivity (Wildman–Crippen MR) is 119 cm³/mol. The summed E-state index contributed by atoms with van der Waals surface area (Å²) in [5.74, 6) is 0.798. The molecule has 0 bridgehead atoms. The van der Waals surface area contributed by atoms with E-state index in [2.05, 4.69) is 33.4 Å². The first-order valence-electron chi connectivity index (χ1n) is 10.5. The summed E-state index contributed by atoms with van der Waals surface area (Å²) in [7, 11) is 0. The molecule has 0 atom stereocenters. The first kappa shape index (κ1) is 20.6. The van der Waals surface area contributed by atoms with Crippen LogP contribution in [-0.4, -0.2) is 41.7 Å². The number of hydrogen-bond acceptors (Lipinski definition) is 6. The molecule has 0 spiro atoms. The molecule has 3 aromatic rings. The van der Waals surface area contributed by atoms with E-state index < -0.39 is 0 Å². The molecule has 1 aliphatic rings. The molecule has 2 aromatic carbocycles. The van der Waals surface area contributed by atoms with Crippen LogP contribution in [0.15, 0.2) is 48.5 Å². The Bertz CT molecular complexity index is 932. The standard InChI is InChI=1S/C23H27N3O3S/c1-2-15-28-22(27)24-18-11-13-26(14-12-18)16-17-7-9-19(10-8-17)29-23-25-20-5-3-4-6-21(20)30-23/h3-10,18H,2,11-16H2,1H3,(H,24,27). The molecule has 0 radical (unpaired) electrons. The Hall–Kier alpha value is -2.64. The molecule has 1 saturated heterocycles. The fraction of sp³-hybridized carbons (Fsp3) is 0.391. The van der Waals surface area contributed by atoms with E-state index in [1.807, 2.05) is 37.3 Å². The summed E-state index contributed by atoms with van der Waals surface area (Å²) in [6.45, 7) is 5.29. The quantitative estimate of drug-likeness (QED) is 0.564. The summed E-state index contributed by atoms with van der Waals surface area (Å²) in [4.78, 5) is 18.6. The minimum absolute atomic E-state index is 0.204. The van der Waals surface area contributed by atoms with E-state index >= 15 is 0 Å². The third kappa shape index (κ3) is 5.49. The van der Waals surface area contributed by atoms with Gasteiger partial charge >= 0.3 is 6.09 Å². The highest BCUT2D eigenvalue weighted by Crippen LogP contribution is 2.31. The summed E-state index contributed by atoms with van der Waals surface area (Å²) in [5.41, 5.74) is 2.21. The number of rotatable bonds is 7. The van der Waals surface area contributed by atoms with Crippen molar-refractivity contribution >= 4 is 27.6 Å². The molecule has 1 aliphatic heterocycles. The summed E-state index contributed by atoms with van der Waals surface area (Å²) < 4.78 is 12.2. The van der Waals surface area contributed by atoms with Crippen LogP contribution in [0.25, 0.3) is 10.2 Å². The van der Waals surface area contributed by atoms with Gasteiger partial charge in [-0.05, 0) is 49.1 Å². The Morgan fingerprint density at radius 3 is 2.67 bits per heavy atom. The number of amides is 1. The van der Waals surface area contributed by atoms with E-state index in [0.717, 1.165) is 54.9 Å². The lowest BCUT2D eigenvalue weighted by Crippen LogP contribution is -2.44. The van der Waals surface area contributed by atoms with E-state index in [9.17, 15) is 4.79 Å². The topological polar surface area (TPSA) is 63.7 Å². The zero-order valence-electron chi connectivity index (χ0n) is 17.2. The molecule has 0 unspecified atom stereocenters. The van der Waals surface area contributed by atoms with Crippen LogP contribution in [0, 0.1) is 0 Å². The number of carbonyl (C=O) groups is 1. The molecule has 7 heteroatoms. The highest BCUT2D eigenvalue weighted by molar-refractivity contribution is 7.20. The lowest BCUT2D eigenvalue weighted by molar-refractivity contribution is 0.131. The van der Waals surface area contributed by atoms with Crippen molar-refractivity contribution < 1.29 is 14.3 Å². The molecular formula is C23H27N3O3S. The Morgan fingerprint density at radius 2 is 1.93 bits per heavy atom. The number of hydrogen-bond donors (Lipinski definition) is 1. The number of nitrogens with one attached hydrogen (secondary N) is 1. The first-order valence-corrected chi connectivity index (χ1v) is 11.3. The zero-order valence-corrected chi connectivity index (χ0v) is 18.0. The van der Waals surface area contributed by atoms with Crippen LogP contribution in [0.5, 0.6) is 10.9 Å². The van der Waals surface area contributed by atoms with Gasteiger partial charge in [0, 0.05) is 25.7 Å².